The van der Waals surface area contributed by atoms with Crippen molar-refractivity contribution in [2.75, 3.05) is 18.5 Å². The number of phenols is 2. The first kappa shape index (κ1) is 15.8. The fourth-order valence-corrected chi connectivity index (χ4v) is 3.24. The lowest BCUT2D eigenvalue weighted by Crippen LogP contribution is -2.19. The van der Waals surface area contributed by atoms with Gasteiger partial charge in [0, 0.05) is 31.0 Å². The zero-order valence-corrected chi connectivity index (χ0v) is 14.1. The van der Waals surface area contributed by atoms with Crippen molar-refractivity contribution in [3.8, 4) is 22.8 Å². The highest BCUT2D eigenvalue weighted by atomic mass is 16.5. The predicted molar refractivity (Wildman–Crippen MR) is 96.2 cm³/mol. The van der Waals surface area contributed by atoms with Crippen molar-refractivity contribution in [2.45, 2.75) is 25.9 Å². The van der Waals surface area contributed by atoms with Gasteiger partial charge < -0.3 is 20.3 Å². The third-order valence-corrected chi connectivity index (χ3v) is 4.54. The van der Waals surface area contributed by atoms with E-state index in [-0.39, 0.29) is 17.6 Å². The zero-order valence-electron chi connectivity index (χ0n) is 14.1. The summed E-state index contributed by atoms with van der Waals surface area (Å²) in [7, 11) is 0. The van der Waals surface area contributed by atoms with E-state index in [1.165, 1.54) is 6.07 Å². The molecular formula is C19H21N3O3. The number of aromatic nitrogens is 2. The van der Waals surface area contributed by atoms with Crippen LogP contribution in [0.2, 0.25) is 0 Å². The maximum absolute atomic E-state index is 10.3. The van der Waals surface area contributed by atoms with Crippen LogP contribution in [0.3, 0.4) is 0 Å². The largest absolute Gasteiger partial charge is 0.508 e. The molecule has 1 aliphatic rings. The molecule has 3 heterocycles. The van der Waals surface area contributed by atoms with E-state index in [0.29, 0.717) is 17.8 Å². The molecule has 6 nitrogen and oxygen atoms in total. The van der Waals surface area contributed by atoms with Gasteiger partial charge in [0.2, 0.25) is 0 Å². The molecule has 4 rings (SSSR count). The van der Waals surface area contributed by atoms with Crippen molar-refractivity contribution in [1.82, 2.24) is 9.38 Å². The molecule has 2 aromatic heterocycles. The molecule has 0 radical (unpaired) electrons. The molecule has 1 aromatic carbocycles. The van der Waals surface area contributed by atoms with Crippen LogP contribution in [0.5, 0.6) is 11.5 Å². The number of imidazole rings is 1. The molecule has 0 bridgehead atoms. The zero-order chi connectivity index (χ0) is 17.4. The second-order valence-corrected chi connectivity index (χ2v) is 6.46. The first-order chi connectivity index (χ1) is 12.1. The predicted octanol–water partition coefficient (Wildman–Crippen LogP) is 3.31. The van der Waals surface area contributed by atoms with Crippen molar-refractivity contribution in [1.29, 1.82) is 0 Å². The average molecular weight is 339 g/mol. The standard InChI is InChI=1S/C19H21N3O3/c1-12-6-7-22-17(9-12)21-18(15-5-4-13(23)10-16(15)24)19(22)20-11-14-3-2-8-25-14/h4-7,9-10,14,20,23-24H,2-3,8,11H2,1H3. The summed E-state index contributed by atoms with van der Waals surface area (Å²) < 4.78 is 7.67. The number of phenolic OH excluding ortho intramolecular Hbond substituents is 2. The Morgan fingerprint density at radius 2 is 2.16 bits per heavy atom. The van der Waals surface area contributed by atoms with Crippen LogP contribution in [-0.2, 0) is 4.74 Å². The topological polar surface area (TPSA) is 79.0 Å². The number of pyridine rings is 1. The van der Waals surface area contributed by atoms with Gasteiger partial charge in [-0.15, -0.1) is 0 Å². The Bertz CT molecular complexity index is 914. The van der Waals surface area contributed by atoms with Crippen molar-refractivity contribution in [2.24, 2.45) is 0 Å². The second-order valence-electron chi connectivity index (χ2n) is 6.46. The molecule has 1 aliphatic heterocycles. The van der Waals surface area contributed by atoms with E-state index in [1.807, 2.05) is 29.7 Å². The average Bonchev–Trinajstić information content (AvgIpc) is 3.20. The molecule has 0 spiro atoms. The quantitative estimate of drug-likeness (QED) is 0.680. The van der Waals surface area contributed by atoms with E-state index < -0.39 is 0 Å². The molecule has 0 amide bonds. The summed E-state index contributed by atoms with van der Waals surface area (Å²) in [6, 6.07) is 8.57. The molecule has 1 fully saturated rings. The van der Waals surface area contributed by atoms with Crippen LogP contribution in [-0.4, -0.2) is 38.9 Å². The summed E-state index contributed by atoms with van der Waals surface area (Å²) in [4.78, 5) is 4.70. The normalized spacial score (nSPS) is 17.2. The molecule has 25 heavy (non-hydrogen) atoms. The fourth-order valence-electron chi connectivity index (χ4n) is 3.24. The van der Waals surface area contributed by atoms with E-state index in [1.54, 1.807) is 12.1 Å². The van der Waals surface area contributed by atoms with Gasteiger partial charge >= 0.3 is 0 Å². The highest BCUT2D eigenvalue weighted by molar-refractivity contribution is 5.80. The Hall–Kier alpha value is -2.73. The van der Waals surface area contributed by atoms with Gasteiger partial charge in [-0.25, -0.2) is 4.98 Å². The summed E-state index contributed by atoms with van der Waals surface area (Å²) in [5, 5.41) is 23.3. The highest BCUT2D eigenvalue weighted by Gasteiger charge is 2.20. The number of benzene rings is 1. The molecule has 3 aromatic rings. The van der Waals surface area contributed by atoms with Crippen LogP contribution < -0.4 is 5.32 Å². The smallest absolute Gasteiger partial charge is 0.139 e. The highest BCUT2D eigenvalue weighted by Crippen LogP contribution is 2.36. The third kappa shape index (κ3) is 3.00. The van der Waals surface area contributed by atoms with E-state index in [0.717, 1.165) is 36.5 Å². The van der Waals surface area contributed by atoms with Crippen LogP contribution >= 0.6 is 0 Å². The number of ether oxygens (including phenoxy) is 1. The van der Waals surface area contributed by atoms with Gasteiger partial charge in [0.05, 0.1) is 6.10 Å². The summed E-state index contributed by atoms with van der Waals surface area (Å²) in [5.41, 5.74) is 3.15. The minimum atomic E-state index is 0.000273. The molecule has 130 valence electrons. The van der Waals surface area contributed by atoms with Gasteiger partial charge in [-0.1, -0.05) is 0 Å². The molecule has 0 aliphatic carbocycles. The number of anilines is 1. The summed E-state index contributed by atoms with van der Waals surface area (Å²) in [6.07, 6.45) is 4.29. The number of hydrogen-bond donors (Lipinski definition) is 3. The van der Waals surface area contributed by atoms with Gasteiger partial charge in [0.25, 0.3) is 0 Å². The number of fused-ring (bicyclic) bond motifs is 1. The molecule has 0 saturated carbocycles. The van der Waals surface area contributed by atoms with Crippen LogP contribution in [0, 0.1) is 6.92 Å². The molecule has 6 heteroatoms. The SMILES string of the molecule is Cc1ccn2c(NCC3CCCO3)c(-c3ccc(O)cc3O)nc2c1. The summed E-state index contributed by atoms with van der Waals surface area (Å²) in [6.45, 7) is 3.52. The summed E-state index contributed by atoms with van der Waals surface area (Å²) in [5.74, 6) is 0.835. The first-order valence-electron chi connectivity index (χ1n) is 8.48. The Morgan fingerprint density at radius 1 is 1.28 bits per heavy atom. The van der Waals surface area contributed by atoms with Crippen molar-refractivity contribution in [3.63, 3.8) is 0 Å². The van der Waals surface area contributed by atoms with Crippen molar-refractivity contribution in [3.05, 3.63) is 42.1 Å². The Labute approximate surface area is 145 Å². The number of nitrogens with zero attached hydrogens (tertiary/aromatic N) is 2. The minimum Gasteiger partial charge on any atom is -0.508 e. The number of hydrogen-bond acceptors (Lipinski definition) is 5. The van der Waals surface area contributed by atoms with Crippen molar-refractivity contribution < 1.29 is 14.9 Å². The molecule has 1 unspecified atom stereocenters. The molecule has 1 saturated heterocycles. The van der Waals surface area contributed by atoms with Crippen LogP contribution in [0.15, 0.2) is 36.5 Å². The van der Waals surface area contributed by atoms with Gasteiger partial charge in [0.1, 0.15) is 28.7 Å². The Morgan fingerprint density at radius 3 is 2.92 bits per heavy atom. The first-order valence-corrected chi connectivity index (χ1v) is 8.48. The third-order valence-electron chi connectivity index (χ3n) is 4.54. The Balaban J connectivity index is 1.79. The monoisotopic (exact) mass is 339 g/mol. The number of nitrogens with one attached hydrogen (secondary N) is 1. The van der Waals surface area contributed by atoms with E-state index in [4.69, 9.17) is 9.72 Å². The lowest BCUT2D eigenvalue weighted by Gasteiger charge is -2.13. The van der Waals surface area contributed by atoms with Crippen LogP contribution in [0.1, 0.15) is 18.4 Å². The summed E-state index contributed by atoms with van der Waals surface area (Å²) >= 11 is 0. The van der Waals surface area contributed by atoms with Crippen molar-refractivity contribution >= 4 is 11.5 Å². The lowest BCUT2D eigenvalue weighted by atomic mass is 10.1. The minimum absolute atomic E-state index is 0.000273. The molecule has 1 atom stereocenters. The number of aromatic hydroxyl groups is 2. The fraction of sp³-hybridized carbons (Fsp3) is 0.316. The number of rotatable bonds is 4. The Kier molecular flexibility index (Phi) is 3.97. The van der Waals surface area contributed by atoms with E-state index in [2.05, 4.69) is 5.32 Å². The maximum atomic E-state index is 10.3. The van der Waals surface area contributed by atoms with Gasteiger partial charge in [-0.05, 0) is 49.6 Å². The maximum Gasteiger partial charge on any atom is 0.139 e. The van der Waals surface area contributed by atoms with Gasteiger partial charge in [0.15, 0.2) is 0 Å². The molecule has 3 N–H and O–H groups in total. The van der Waals surface area contributed by atoms with Crippen LogP contribution in [0.25, 0.3) is 16.9 Å². The van der Waals surface area contributed by atoms with E-state index >= 15 is 0 Å². The van der Waals surface area contributed by atoms with E-state index in [9.17, 15) is 10.2 Å². The van der Waals surface area contributed by atoms with Gasteiger partial charge in [-0.3, -0.25) is 4.40 Å². The second kappa shape index (κ2) is 6.29. The molecular weight excluding hydrogens is 318 g/mol. The lowest BCUT2D eigenvalue weighted by molar-refractivity contribution is 0.120. The van der Waals surface area contributed by atoms with Crippen LogP contribution in [0.4, 0.5) is 5.82 Å². The van der Waals surface area contributed by atoms with Gasteiger partial charge in [-0.2, -0.15) is 0 Å². The number of aryl methyl sites for hydroxylation is 1.